The van der Waals surface area contributed by atoms with E-state index in [4.69, 9.17) is 10.00 Å². The Kier molecular flexibility index (Phi) is 2.65. The van der Waals surface area contributed by atoms with Crippen molar-refractivity contribution in [1.82, 2.24) is 9.36 Å². The predicted molar refractivity (Wildman–Crippen MR) is 59.8 cm³/mol. The number of rotatable bonds is 2. The monoisotopic (exact) mass is 215 g/mol. The number of ether oxygens (including phenoxy) is 1. The first kappa shape index (κ1) is 9.68. The Morgan fingerprint density at radius 3 is 3.00 bits per heavy atom. The molecule has 15 heavy (non-hydrogen) atoms. The summed E-state index contributed by atoms with van der Waals surface area (Å²) in [6.45, 7) is 0. The van der Waals surface area contributed by atoms with Gasteiger partial charge in [-0.3, -0.25) is 0 Å². The van der Waals surface area contributed by atoms with Gasteiger partial charge in [-0.05, 0) is 23.7 Å². The minimum Gasteiger partial charge on any atom is -0.388 e. The average molecular weight is 215 g/mol. The molecule has 0 saturated heterocycles. The maximum absolute atomic E-state index is 8.39. The van der Waals surface area contributed by atoms with E-state index in [1.165, 1.54) is 11.5 Å². The van der Waals surface area contributed by atoms with Gasteiger partial charge in [-0.15, -0.1) is 5.26 Å². The Morgan fingerprint density at radius 1 is 1.47 bits per heavy atom. The van der Waals surface area contributed by atoms with E-state index in [2.05, 4.69) is 9.36 Å². The van der Waals surface area contributed by atoms with Crippen LogP contribution in [0.2, 0.25) is 0 Å². The van der Waals surface area contributed by atoms with E-state index in [9.17, 15) is 0 Å². The third-order valence-electron chi connectivity index (χ3n) is 1.77. The summed E-state index contributed by atoms with van der Waals surface area (Å²) >= 11 is 1.33. The van der Waals surface area contributed by atoms with Crippen LogP contribution >= 0.6 is 11.5 Å². The standard InChI is InChI=1S/C9H6BN3OS/c10-9-12-8(15-13-9)6-2-1-3-7(4-6)14-5-11/h1-4H,10H2. The summed E-state index contributed by atoms with van der Waals surface area (Å²) in [6, 6.07) is 7.21. The van der Waals surface area contributed by atoms with Crippen LogP contribution in [0.5, 0.6) is 5.75 Å². The van der Waals surface area contributed by atoms with Gasteiger partial charge in [0.25, 0.3) is 6.26 Å². The van der Waals surface area contributed by atoms with E-state index in [0.717, 1.165) is 16.3 Å². The van der Waals surface area contributed by atoms with Gasteiger partial charge >= 0.3 is 0 Å². The first-order valence-corrected chi connectivity index (χ1v) is 5.03. The Morgan fingerprint density at radius 2 is 2.33 bits per heavy atom. The molecule has 1 aromatic heterocycles. The van der Waals surface area contributed by atoms with Gasteiger partial charge in [-0.1, -0.05) is 12.1 Å². The van der Waals surface area contributed by atoms with Crippen LogP contribution in [0.4, 0.5) is 0 Å². The van der Waals surface area contributed by atoms with E-state index >= 15 is 0 Å². The molecule has 0 saturated carbocycles. The molecule has 0 fully saturated rings. The van der Waals surface area contributed by atoms with Crippen LogP contribution in [0.1, 0.15) is 0 Å². The van der Waals surface area contributed by atoms with Gasteiger partial charge < -0.3 is 4.74 Å². The summed E-state index contributed by atoms with van der Waals surface area (Å²) < 4.78 is 8.83. The van der Waals surface area contributed by atoms with Gasteiger partial charge in [-0.2, -0.15) is 4.37 Å². The summed E-state index contributed by atoms with van der Waals surface area (Å²) in [7, 11) is 1.84. The highest BCUT2D eigenvalue weighted by Gasteiger charge is 2.04. The molecular weight excluding hydrogens is 209 g/mol. The van der Waals surface area contributed by atoms with Crippen molar-refractivity contribution in [2.24, 2.45) is 0 Å². The Hall–Kier alpha value is -1.87. The van der Waals surface area contributed by atoms with Gasteiger partial charge in [0.1, 0.15) is 10.8 Å². The largest absolute Gasteiger partial charge is 0.388 e. The lowest BCUT2D eigenvalue weighted by molar-refractivity contribution is 0.507. The summed E-state index contributed by atoms with van der Waals surface area (Å²) in [5.41, 5.74) is 1.66. The fourth-order valence-corrected chi connectivity index (χ4v) is 1.82. The molecule has 1 aromatic carbocycles. The molecule has 0 aliphatic heterocycles. The number of hydrogen-bond acceptors (Lipinski definition) is 5. The summed E-state index contributed by atoms with van der Waals surface area (Å²) in [5.74, 6) is 0.517. The molecule has 0 spiro atoms. The Labute approximate surface area is 91.7 Å². The Bertz CT molecular complexity index is 520. The lowest BCUT2D eigenvalue weighted by Gasteiger charge is -1.98. The average Bonchev–Trinajstić information content (AvgIpc) is 2.66. The van der Waals surface area contributed by atoms with Crippen molar-refractivity contribution >= 4 is 25.1 Å². The summed E-state index contributed by atoms with van der Waals surface area (Å²) in [4.78, 5) is 4.25. The van der Waals surface area contributed by atoms with Crippen molar-refractivity contribution in [2.45, 2.75) is 0 Å². The zero-order chi connectivity index (χ0) is 10.7. The van der Waals surface area contributed by atoms with E-state index in [1.54, 1.807) is 18.4 Å². The molecule has 1 heterocycles. The fourth-order valence-electron chi connectivity index (χ4n) is 1.16. The highest BCUT2D eigenvalue weighted by atomic mass is 32.1. The molecule has 2 aromatic rings. The SMILES string of the molecule is Bc1nsc(-c2cccc(OC#N)c2)n1. The zero-order valence-electron chi connectivity index (χ0n) is 7.97. The second kappa shape index (κ2) is 4.11. The van der Waals surface area contributed by atoms with Crippen molar-refractivity contribution in [3.05, 3.63) is 24.3 Å². The third-order valence-corrected chi connectivity index (χ3v) is 2.63. The molecule has 0 amide bonds. The van der Waals surface area contributed by atoms with Crippen molar-refractivity contribution in [1.29, 1.82) is 5.26 Å². The quantitative estimate of drug-likeness (QED) is 0.534. The van der Waals surface area contributed by atoms with Gasteiger partial charge in [-0.25, -0.2) is 4.98 Å². The molecule has 2 rings (SSSR count). The van der Waals surface area contributed by atoms with E-state index in [0.29, 0.717) is 5.75 Å². The smallest absolute Gasteiger partial charge is 0.292 e. The third kappa shape index (κ3) is 2.14. The second-order valence-corrected chi connectivity index (χ2v) is 3.62. The normalized spacial score (nSPS) is 9.53. The predicted octanol–water partition coefficient (Wildman–Crippen LogP) is 0.323. The van der Waals surface area contributed by atoms with Gasteiger partial charge in [0, 0.05) is 5.56 Å². The highest BCUT2D eigenvalue weighted by molar-refractivity contribution is 7.09. The maximum atomic E-state index is 8.39. The molecule has 0 aliphatic carbocycles. The number of aromatic nitrogens is 2. The second-order valence-electron chi connectivity index (χ2n) is 2.87. The van der Waals surface area contributed by atoms with Crippen molar-refractivity contribution < 1.29 is 4.74 Å². The molecular formula is C9H6BN3OS. The van der Waals surface area contributed by atoms with Gasteiger partial charge in [0.05, 0.1) is 5.72 Å². The number of benzene rings is 1. The van der Waals surface area contributed by atoms with E-state index < -0.39 is 0 Å². The lowest BCUT2D eigenvalue weighted by atomic mass is 10.1. The first-order valence-electron chi connectivity index (χ1n) is 4.26. The van der Waals surface area contributed by atoms with Gasteiger partial charge in [0.2, 0.25) is 0 Å². The van der Waals surface area contributed by atoms with Crippen LogP contribution < -0.4 is 10.5 Å². The molecule has 72 valence electrons. The van der Waals surface area contributed by atoms with Crippen molar-refractivity contribution in [2.75, 3.05) is 0 Å². The molecule has 0 radical (unpaired) electrons. The van der Waals surface area contributed by atoms with E-state index in [-0.39, 0.29) is 0 Å². The van der Waals surface area contributed by atoms with Crippen LogP contribution in [0.15, 0.2) is 24.3 Å². The van der Waals surface area contributed by atoms with Crippen LogP contribution in [0.3, 0.4) is 0 Å². The van der Waals surface area contributed by atoms with Crippen molar-refractivity contribution in [3.8, 4) is 22.6 Å². The van der Waals surface area contributed by atoms with Gasteiger partial charge in [0.15, 0.2) is 7.85 Å². The first-order chi connectivity index (χ1) is 7.29. The molecule has 0 aliphatic rings. The number of hydrogen-bond donors (Lipinski definition) is 0. The zero-order valence-corrected chi connectivity index (χ0v) is 8.78. The summed E-state index contributed by atoms with van der Waals surface area (Å²) in [6.07, 6.45) is 1.64. The molecule has 0 atom stereocenters. The minimum absolute atomic E-state index is 0.517. The summed E-state index contributed by atoms with van der Waals surface area (Å²) in [5, 5.41) is 9.22. The topological polar surface area (TPSA) is 58.8 Å². The number of nitrogens with zero attached hydrogens (tertiary/aromatic N) is 3. The minimum atomic E-state index is 0.517. The number of nitriles is 1. The molecule has 4 nitrogen and oxygen atoms in total. The highest BCUT2D eigenvalue weighted by Crippen LogP contribution is 2.23. The van der Waals surface area contributed by atoms with Crippen LogP contribution in [0, 0.1) is 11.5 Å². The molecule has 6 heteroatoms. The van der Waals surface area contributed by atoms with Crippen LogP contribution in [-0.2, 0) is 0 Å². The van der Waals surface area contributed by atoms with Crippen LogP contribution in [0.25, 0.3) is 10.6 Å². The van der Waals surface area contributed by atoms with Crippen molar-refractivity contribution in [3.63, 3.8) is 0 Å². The maximum Gasteiger partial charge on any atom is 0.292 e. The molecule has 0 unspecified atom stereocenters. The van der Waals surface area contributed by atoms with Crippen LogP contribution in [-0.4, -0.2) is 17.2 Å². The lowest BCUT2D eigenvalue weighted by Crippen LogP contribution is -2.05. The molecule has 0 N–H and O–H groups in total. The van der Waals surface area contributed by atoms with E-state index in [1.807, 2.05) is 20.0 Å². The molecule has 0 bridgehead atoms. The Balaban J connectivity index is 2.37. The fraction of sp³-hybridized carbons (Fsp3) is 0.